The molecule has 0 spiro atoms. The van der Waals surface area contributed by atoms with Gasteiger partial charge in [-0.15, -0.1) is 0 Å². The fraction of sp³-hybridized carbons (Fsp3) is 0.455. The van der Waals surface area contributed by atoms with Crippen LogP contribution in [-0.4, -0.2) is 32.0 Å². The van der Waals surface area contributed by atoms with Crippen molar-refractivity contribution >= 4 is 9.84 Å². The Kier molecular flexibility index (Phi) is 3.28. The van der Waals surface area contributed by atoms with Crippen LogP contribution in [0.4, 0.5) is 0 Å². The van der Waals surface area contributed by atoms with E-state index in [0.29, 0.717) is 6.54 Å². The SMILES string of the molecule is N[C@H]1CS(=O)(=O)C[C@H]1NCc1ccccc1. The van der Waals surface area contributed by atoms with E-state index in [9.17, 15) is 8.42 Å². The first-order valence-electron chi connectivity index (χ1n) is 5.30. The summed E-state index contributed by atoms with van der Waals surface area (Å²) in [6.07, 6.45) is 0. The molecule has 0 saturated carbocycles. The average molecular weight is 240 g/mol. The first-order valence-corrected chi connectivity index (χ1v) is 7.12. The van der Waals surface area contributed by atoms with Crippen molar-refractivity contribution in [3.63, 3.8) is 0 Å². The summed E-state index contributed by atoms with van der Waals surface area (Å²) in [6.45, 7) is 0.661. The summed E-state index contributed by atoms with van der Waals surface area (Å²) in [7, 11) is -2.94. The molecule has 0 radical (unpaired) electrons. The molecule has 0 amide bonds. The topological polar surface area (TPSA) is 72.2 Å². The number of nitrogens with one attached hydrogen (secondary N) is 1. The highest BCUT2D eigenvalue weighted by Crippen LogP contribution is 2.11. The number of sulfone groups is 1. The largest absolute Gasteiger partial charge is 0.325 e. The van der Waals surface area contributed by atoms with Gasteiger partial charge >= 0.3 is 0 Å². The van der Waals surface area contributed by atoms with E-state index in [2.05, 4.69) is 5.32 Å². The summed E-state index contributed by atoms with van der Waals surface area (Å²) in [4.78, 5) is 0. The zero-order valence-electron chi connectivity index (χ0n) is 8.96. The monoisotopic (exact) mass is 240 g/mol. The molecule has 0 aliphatic carbocycles. The van der Waals surface area contributed by atoms with E-state index in [-0.39, 0.29) is 23.6 Å². The lowest BCUT2D eigenvalue weighted by Gasteiger charge is -2.15. The minimum absolute atomic E-state index is 0.0967. The standard InChI is InChI=1S/C11H16N2O2S/c12-10-7-16(14,15)8-11(10)13-6-9-4-2-1-3-5-9/h1-5,10-11,13H,6-8,12H2/t10-,11+/m0/s1. The number of hydrogen-bond donors (Lipinski definition) is 2. The lowest BCUT2D eigenvalue weighted by Crippen LogP contribution is -2.43. The average Bonchev–Trinajstić information content (AvgIpc) is 2.50. The Morgan fingerprint density at radius 1 is 1.25 bits per heavy atom. The first-order chi connectivity index (χ1) is 7.57. The number of hydrogen-bond acceptors (Lipinski definition) is 4. The Hall–Kier alpha value is -0.910. The highest BCUT2D eigenvalue weighted by molar-refractivity contribution is 7.91. The molecule has 2 atom stereocenters. The molecule has 5 heteroatoms. The fourth-order valence-electron chi connectivity index (χ4n) is 1.93. The normalized spacial score (nSPS) is 28.1. The Balaban J connectivity index is 1.92. The molecule has 1 aromatic carbocycles. The number of benzene rings is 1. The van der Waals surface area contributed by atoms with E-state index >= 15 is 0 Å². The van der Waals surface area contributed by atoms with Crippen molar-refractivity contribution in [2.45, 2.75) is 18.6 Å². The lowest BCUT2D eigenvalue weighted by atomic mass is 10.1. The van der Waals surface area contributed by atoms with Gasteiger partial charge in [-0.25, -0.2) is 8.42 Å². The molecule has 3 N–H and O–H groups in total. The van der Waals surface area contributed by atoms with Gasteiger partial charge in [0.2, 0.25) is 0 Å². The van der Waals surface area contributed by atoms with Crippen molar-refractivity contribution in [1.29, 1.82) is 0 Å². The van der Waals surface area contributed by atoms with Gasteiger partial charge in [0, 0.05) is 18.6 Å². The molecule has 1 aromatic rings. The van der Waals surface area contributed by atoms with Gasteiger partial charge in [0.1, 0.15) is 0 Å². The van der Waals surface area contributed by atoms with Crippen LogP contribution in [0.3, 0.4) is 0 Å². The molecular formula is C11H16N2O2S. The van der Waals surface area contributed by atoms with Crippen LogP contribution in [0.2, 0.25) is 0 Å². The van der Waals surface area contributed by atoms with Crippen molar-refractivity contribution in [1.82, 2.24) is 5.32 Å². The molecule has 1 fully saturated rings. The summed E-state index contributed by atoms with van der Waals surface area (Å²) in [6, 6.07) is 9.48. The van der Waals surface area contributed by atoms with Crippen molar-refractivity contribution in [3.8, 4) is 0 Å². The molecule has 1 saturated heterocycles. The van der Waals surface area contributed by atoms with Crippen molar-refractivity contribution in [2.24, 2.45) is 5.73 Å². The second-order valence-electron chi connectivity index (χ2n) is 4.21. The Morgan fingerprint density at radius 3 is 2.50 bits per heavy atom. The van der Waals surface area contributed by atoms with Gasteiger partial charge in [-0.3, -0.25) is 0 Å². The van der Waals surface area contributed by atoms with Crippen LogP contribution >= 0.6 is 0 Å². The van der Waals surface area contributed by atoms with Crippen molar-refractivity contribution < 1.29 is 8.42 Å². The molecule has 0 aromatic heterocycles. The van der Waals surface area contributed by atoms with Gasteiger partial charge in [0.05, 0.1) is 11.5 Å². The summed E-state index contributed by atoms with van der Waals surface area (Å²) in [5.41, 5.74) is 6.92. The van der Waals surface area contributed by atoms with Gasteiger partial charge in [-0.2, -0.15) is 0 Å². The zero-order valence-corrected chi connectivity index (χ0v) is 9.78. The quantitative estimate of drug-likeness (QED) is 0.774. The predicted molar refractivity (Wildman–Crippen MR) is 63.7 cm³/mol. The maximum atomic E-state index is 11.3. The van der Waals surface area contributed by atoms with E-state index in [1.807, 2.05) is 30.3 Å². The van der Waals surface area contributed by atoms with Crippen LogP contribution in [0.1, 0.15) is 5.56 Å². The molecule has 1 aliphatic rings. The predicted octanol–water partition coefficient (Wildman–Crippen LogP) is -0.0995. The van der Waals surface area contributed by atoms with E-state index in [1.165, 1.54) is 0 Å². The molecular weight excluding hydrogens is 224 g/mol. The minimum atomic E-state index is -2.94. The highest BCUT2D eigenvalue weighted by atomic mass is 32.2. The van der Waals surface area contributed by atoms with Crippen molar-refractivity contribution in [2.75, 3.05) is 11.5 Å². The molecule has 0 bridgehead atoms. The van der Waals surface area contributed by atoms with Crippen molar-refractivity contribution in [3.05, 3.63) is 35.9 Å². The van der Waals surface area contributed by atoms with Crippen LogP contribution in [0, 0.1) is 0 Å². The summed E-state index contributed by atoms with van der Waals surface area (Å²) in [5, 5.41) is 3.20. The smallest absolute Gasteiger partial charge is 0.153 e. The van der Waals surface area contributed by atoms with Gasteiger partial charge in [0.15, 0.2) is 9.84 Å². The van der Waals surface area contributed by atoms with Crippen LogP contribution in [-0.2, 0) is 16.4 Å². The third-order valence-corrected chi connectivity index (χ3v) is 4.57. The van der Waals surface area contributed by atoms with E-state index in [0.717, 1.165) is 5.56 Å². The van der Waals surface area contributed by atoms with E-state index in [4.69, 9.17) is 5.73 Å². The van der Waals surface area contributed by atoms with Gasteiger partial charge in [-0.1, -0.05) is 30.3 Å². The number of nitrogens with two attached hydrogens (primary N) is 1. The molecule has 4 nitrogen and oxygen atoms in total. The van der Waals surface area contributed by atoms with Crippen LogP contribution in [0.15, 0.2) is 30.3 Å². The molecule has 1 heterocycles. The summed E-state index contributed by atoms with van der Waals surface area (Å²) < 4.78 is 22.7. The van der Waals surface area contributed by atoms with Crippen LogP contribution < -0.4 is 11.1 Å². The third-order valence-electron chi connectivity index (χ3n) is 2.81. The third kappa shape index (κ3) is 2.81. The Labute approximate surface area is 95.8 Å². The van der Waals surface area contributed by atoms with Gasteiger partial charge < -0.3 is 11.1 Å². The summed E-state index contributed by atoms with van der Waals surface area (Å²) in [5.74, 6) is 0.250. The second-order valence-corrected chi connectivity index (χ2v) is 6.37. The van der Waals surface area contributed by atoms with Crippen LogP contribution in [0.25, 0.3) is 0 Å². The Morgan fingerprint density at radius 2 is 1.94 bits per heavy atom. The van der Waals surface area contributed by atoms with Crippen LogP contribution in [0.5, 0.6) is 0 Å². The van der Waals surface area contributed by atoms with E-state index < -0.39 is 9.84 Å². The maximum Gasteiger partial charge on any atom is 0.153 e. The summed E-state index contributed by atoms with van der Waals surface area (Å²) >= 11 is 0. The lowest BCUT2D eigenvalue weighted by molar-refractivity contribution is 0.503. The fourth-order valence-corrected chi connectivity index (χ4v) is 3.80. The van der Waals surface area contributed by atoms with Gasteiger partial charge in [0.25, 0.3) is 0 Å². The molecule has 16 heavy (non-hydrogen) atoms. The van der Waals surface area contributed by atoms with E-state index in [1.54, 1.807) is 0 Å². The Bertz CT molecular complexity index is 444. The first kappa shape index (κ1) is 11.6. The zero-order chi connectivity index (χ0) is 11.6. The van der Waals surface area contributed by atoms with Gasteiger partial charge in [-0.05, 0) is 5.56 Å². The highest BCUT2D eigenvalue weighted by Gasteiger charge is 2.34. The molecule has 0 unspecified atom stereocenters. The molecule has 2 rings (SSSR count). The molecule has 1 aliphatic heterocycles. The maximum absolute atomic E-state index is 11.3. The second kappa shape index (κ2) is 4.53. The number of rotatable bonds is 3. The molecule has 88 valence electrons. The minimum Gasteiger partial charge on any atom is -0.325 e.